The van der Waals surface area contributed by atoms with E-state index in [-0.39, 0.29) is 17.2 Å². The van der Waals surface area contributed by atoms with Crippen LogP contribution in [-0.4, -0.2) is 18.1 Å². The zero-order chi connectivity index (χ0) is 19.9. The number of amides is 1. The lowest BCUT2D eigenvalue weighted by molar-refractivity contribution is 0.0729. The van der Waals surface area contributed by atoms with Crippen molar-refractivity contribution in [2.45, 2.75) is 0 Å². The second-order valence-corrected chi connectivity index (χ2v) is 6.78. The monoisotopic (exact) mass is 488 g/mol. The van der Waals surface area contributed by atoms with Crippen LogP contribution in [0.4, 0.5) is 4.39 Å². The summed E-state index contributed by atoms with van der Waals surface area (Å²) in [6.45, 7) is 0. The van der Waals surface area contributed by atoms with Gasteiger partial charge in [0.1, 0.15) is 11.6 Å². The summed E-state index contributed by atoms with van der Waals surface area (Å²) in [5.74, 6) is -1.45. The van der Waals surface area contributed by atoms with E-state index >= 15 is 0 Å². The van der Waals surface area contributed by atoms with Crippen LogP contribution < -0.4 is 10.2 Å². The molecule has 3 aromatic carbocycles. The number of esters is 1. The van der Waals surface area contributed by atoms with Crippen LogP contribution in [0.3, 0.4) is 0 Å². The van der Waals surface area contributed by atoms with Gasteiger partial charge >= 0.3 is 5.97 Å². The molecule has 0 radical (unpaired) electrons. The summed E-state index contributed by atoms with van der Waals surface area (Å²) >= 11 is 2.08. The number of nitrogens with one attached hydrogen (secondary N) is 1. The van der Waals surface area contributed by atoms with E-state index in [0.29, 0.717) is 11.1 Å². The quantitative estimate of drug-likeness (QED) is 0.190. The van der Waals surface area contributed by atoms with Crippen molar-refractivity contribution in [1.82, 2.24) is 5.43 Å². The third-order valence-electron chi connectivity index (χ3n) is 3.68. The summed E-state index contributed by atoms with van der Waals surface area (Å²) in [5, 5.41) is 3.92. The van der Waals surface area contributed by atoms with Gasteiger partial charge in [-0.2, -0.15) is 5.10 Å². The SMILES string of the molecule is O=C(Oc1ccc(C=NNC(=O)c2ccccc2I)cc1)c1ccccc1F. The van der Waals surface area contributed by atoms with Crippen LogP contribution in [0.2, 0.25) is 0 Å². The molecule has 0 aliphatic carbocycles. The normalized spacial score (nSPS) is 10.6. The first-order valence-electron chi connectivity index (χ1n) is 8.19. The number of hydrogen-bond donors (Lipinski definition) is 1. The van der Waals surface area contributed by atoms with Crippen molar-refractivity contribution >= 4 is 40.7 Å². The van der Waals surface area contributed by atoms with Gasteiger partial charge in [0.25, 0.3) is 5.91 Å². The number of nitrogens with zero attached hydrogens (tertiary/aromatic N) is 1. The molecule has 1 amide bonds. The number of hydrogen-bond acceptors (Lipinski definition) is 4. The Kier molecular flexibility index (Phi) is 6.49. The second-order valence-electron chi connectivity index (χ2n) is 5.62. The second kappa shape index (κ2) is 9.23. The number of carbonyl (C=O) groups excluding carboxylic acids is 2. The van der Waals surface area contributed by atoms with Crippen molar-refractivity contribution in [2.75, 3.05) is 0 Å². The van der Waals surface area contributed by atoms with E-state index in [2.05, 4.69) is 33.1 Å². The van der Waals surface area contributed by atoms with Gasteiger partial charge in [0.2, 0.25) is 0 Å². The smallest absolute Gasteiger partial charge is 0.346 e. The van der Waals surface area contributed by atoms with Gasteiger partial charge in [-0.1, -0.05) is 24.3 Å². The molecule has 1 N–H and O–H groups in total. The molecule has 0 atom stereocenters. The number of halogens is 2. The number of benzene rings is 3. The molecular formula is C21H14FIN2O3. The fraction of sp³-hybridized carbons (Fsp3) is 0. The fourth-order valence-corrected chi connectivity index (χ4v) is 2.91. The van der Waals surface area contributed by atoms with Crippen molar-refractivity contribution in [3.05, 3.63) is 98.9 Å². The highest BCUT2D eigenvalue weighted by Gasteiger charge is 2.13. The topological polar surface area (TPSA) is 67.8 Å². The van der Waals surface area contributed by atoms with E-state index in [1.165, 1.54) is 24.4 Å². The summed E-state index contributed by atoms with van der Waals surface area (Å²) in [6, 6.07) is 19.2. The van der Waals surface area contributed by atoms with Crippen LogP contribution in [0, 0.1) is 9.39 Å². The van der Waals surface area contributed by atoms with Crippen LogP contribution in [-0.2, 0) is 0 Å². The van der Waals surface area contributed by atoms with Gasteiger partial charge < -0.3 is 4.74 Å². The highest BCUT2D eigenvalue weighted by molar-refractivity contribution is 14.1. The summed E-state index contributed by atoms with van der Waals surface area (Å²) in [4.78, 5) is 24.1. The molecule has 0 bridgehead atoms. The number of rotatable bonds is 5. The molecule has 7 heteroatoms. The summed E-state index contributed by atoms with van der Waals surface area (Å²) < 4.78 is 19.6. The highest BCUT2D eigenvalue weighted by Crippen LogP contribution is 2.15. The number of carbonyl (C=O) groups is 2. The van der Waals surface area contributed by atoms with Crippen molar-refractivity contribution in [1.29, 1.82) is 0 Å². The van der Waals surface area contributed by atoms with Gasteiger partial charge in [-0.25, -0.2) is 14.6 Å². The highest BCUT2D eigenvalue weighted by atomic mass is 127. The Morgan fingerprint density at radius 3 is 2.25 bits per heavy atom. The molecule has 28 heavy (non-hydrogen) atoms. The number of ether oxygens (including phenoxy) is 1. The lowest BCUT2D eigenvalue weighted by Gasteiger charge is -2.05. The molecule has 0 aromatic heterocycles. The molecule has 3 aromatic rings. The zero-order valence-electron chi connectivity index (χ0n) is 14.4. The van der Waals surface area contributed by atoms with Crippen LogP contribution in [0.15, 0.2) is 77.9 Å². The Bertz CT molecular complexity index is 1040. The Morgan fingerprint density at radius 1 is 0.929 bits per heavy atom. The van der Waals surface area contributed by atoms with E-state index in [0.717, 1.165) is 3.57 Å². The molecule has 0 spiro atoms. The first-order valence-corrected chi connectivity index (χ1v) is 9.27. The molecule has 0 aliphatic rings. The Balaban J connectivity index is 1.59. The summed E-state index contributed by atoms with van der Waals surface area (Å²) in [7, 11) is 0. The lowest BCUT2D eigenvalue weighted by atomic mass is 10.2. The van der Waals surface area contributed by atoms with Gasteiger partial charge in [-0.3, -0.25) is 4.79 Å². The van der Waals surface area contributed by atoms with E-state index in [4.69, 9.17) is 4.74 Å². The first kappa shape index (κ1) is 19.7. The molecule has 0 heterocycles. The van der Waals surface area contributed by atoms with Crippen molar-refractivity contribution in [2.24, 2.45) is 5.10 Å². The minimum atomic E-state index is -0.774. The average molecular weight is 488 g/mol. The fourth-order valence-electron chi connectivity index (χ4n) is 2.28. The molecule has 5 nitrogen and oxygen atoms in total. The standard InChI is InChI=1S/C21H14FIN2O3/c22-18-7-3-1-5-16(18)21(27)28-15-11-9-14(10-12-15)13-24-25-20(26)17-6-2-4-8-19(17)23/h1-13H,(H,25,26). The third-order valence-corrected chi connectivity index (χ3v) is 4.62. The molecule has 0 saturated carbocycles. The maximum Gasteiger partial charge on any atom is 0.346 e. The van der Waals surface area contributed by atoms with Gasteiger partial charge in [-0.05, 0) is 76.7 Å². The lowest BCUT2D eigenvalue weighted by Crippen LogP contribution is -2.18. The molecular weight excluding hydrogens is 474 g/mol. The van der Waals surface area contributed by atoms with E-state index in [1.807, 2.05) is 12.1 Å². The van der Waals surface area contributed by atoms with Crippen LogP contribution in [0.5, 0.6) is 5.75 Å². The minimum Gasteiger partial charge on any atom is -0.423 e. The summed E-state index contributed by atoms with van der Waals surface area (Å²) in [6.07, 6.45) is 1.47. The van der Waals surface area contributed by atoms with Gasteiger partial charge in [0.05, 0.1) is 17.3 Å². The largest absolute Gasteiger partial charge is 0.423 e. The maximum absolute atomic E-state index is 13.6. The Morgan fingerprint density at radius 2 is 1.57 bits per heavy atom. The van der Waals surface area contributed by atoms with Crippen molar-refractivity contribution in [3.8, 4) is 5.75 Å². The Hall–Kier alpha value is -3.07. The van der Waals surface area contributed by atoms with Crippen molar-refractivity contribution in [3.63, 3.8) is 0 Å². The van der Waals surface area contributed by atoms with Crippen molar-refractivity contribution < 1.29 is 18.7 Å². The minimum absolute atomic E-state index is 0.133. The Labute approximate surface area is 174 Å². The molecule has 0 unspecified atom stereocenters. The predicted molar refractivity (Wildman–Crippen MR) is 112 cm³/mol. The predicted octanol–water partition coefficient (Wildman–Crippen LogP) is 4.41. The summed E-state index contributed by atoms with van der Waals surface area (Å²) in [5.41, 5.74) is 3.55. The zero-order valence-corrected chi connectivity index (χ0v) is 16.6. The molecule has 140 valence electrons. The average Bonchev–Trinajstić information content (AvgIpc) is 2.70. The molecule has 0 fully saturated rings. The molecule has 0 aliphatic heterocycles. The number of hydrazone groups is 1. The van der Waals surface area contributed by atoms with E-state index < -0.39 is 11.8 Å². The first-order chi connectivity index (χ1) is 13.5. The van der Waals surface area contributed by atoms with E-state index in [9.17, 15) is 14.0 Å². The van der Waals surface area contributed by atoms with Crippen LogP contribution in [0.1, 0.15) is 26.3 Å². The van der Waals surface area contributed by atoms with Crippen LogP contribution >= 0.6 is 22.6 Å². The maximum atomic E-state index is 13.6. The molecule has 3 rings (SSSR count). The van der Waals surface area contributed by atoms with Gasteiger partial charge in [-0.15, -0.1) is 0 Å². The third kappa shape index (κ3) is 5.01. The van der Waals surface area contributed by atoms with E-state index in [1.54, 1.807) is 42.5 Å². The van der Waals surface area contributed by atoms with Crippen LogP contribution in [0.25, 0.3) is 0 Å². The molecule has 0 saturated heterocycles. The van der Waals surface area contributed by atoms with Gasteiger partial charge in [0, 0.05) is 3.57 Å². The van der Waals surface area contributed by atoms with Gasteiger partial charge in [0.15, 0.2) is 0 Å².